The Hall–Kier alpha value is -1.86. The molecule has 23 heavy (non-hydrogen) atoms. The van der Waals surface area contributed by atoms with Crippen LogP contribution in [0.2, 0.25) is 0 Å². The summed E-state index contributed by atoms with van der Waals surface area (Å²) < 4.78 is 71.1. The van der Waals surface area contributed by atoms with E-state index in [2.05, 4.69) is 0 Å². The van der Waals surface area contributed by atoms with E-state index >= 15 is 0 Å². The third-order valence-electron chi connectivity index (χ3n) is 3.18. The van der Waals surface area contributed by atoms with Crippen molar-refractivity contribution in [3.8, 4) is 5.75 Å². The van der Waals surface area contributed by atoms with Crippen molar-refractivity contribution < 1.29 is 31.5 Å². The van der Waals surface area contributed by atoms with Crippen LogP contribution in [-0.4, -0.2) is 29.0 Å². The molecule has 0 unspecified atom stereocenters. The molecule has 0 aliphatic heterocycles. The minimum atomic E-state index is -2.28. The molecule has 1 rings (SSSR count). The first-order valence-electron chi connectivity index (χ1n) is 7.00. The van der Waals surface area contributed by atoms with Crippen molar-refractivity contribution in [3.63, 3.8) is 0 Å². The van der Waals surface area contributed by atoms with Gasteiger partial charge in [-0.05, 0) is 34.6 Å². The van der Waals surface area contributed by atoms with Gasteiger partial charge in [-0.1, -0.05) is 0 Å². The van der Waals surface area contributed by atoms with Gasteiger partial charge in [0.05, 0.1) is 0 Å². The van der Waals surface area contributed by atoms with E-state index in [0.717, 1.165) is 0 Å². The normalized spacial score (nSPS) is 12.7. The van der Waals surface area contributed by atoms with Gasteiger partial charge >= 0.3 is 0 Å². The van der Waals surface area contributed by atoms with Crippen molar-refractivity contribution in [1.82, 2.24) is 4.90 Å². The highest BCUT2D eigenvalue weighted by atomic mass is 19.2. The Morgan fingerprint density at radius 3 is 1.48 bits per heavy atom. The van der Waals surface area contributed by atoms with Crippen molar-refractivity contribution in [3.05, 3.63) is 29.1 Å². The summed E-state index contributed by atoms with van der Waals surface area (Å²) in [6, 6.07) is -0.463. The second-order valence-electron chi connectivity index (χ2n) is 5.59. The minimum absolute atomic E-state index is 0.232. The van der Waals surface area contributed by atoms with Crippen LogP contribution in [0.25, 0.3) is 0 Å². The highest BCUT2D eigenvalue weighted by molar-refractivity contribution is 5.81. The van der Waals surface area contributed by atoms with Crippen molar-refractivity contribution in [2.24, 2.45) is 0 Å². The molecule has 0 bridgehead atoms. The van der Waals surface area contributed by atoms with Crippen molar-refractivity contribution in [2.45, 2.75) is 52.8 Å². The van der Waals surface area contributed by atoms with E-state index < -0.39 is 46.8 Å². The molecule has 1 aromatic carbocycles. The van der Waals surface area contributed by atoms with Crippen LogP contribution in [0.3, 0.4) is 0 Å². The van der Waals surface area contributed by atoms with Gasteiger partial charge in [0.2, 0.25) is 29.1 Å². The van der Waals surface area contributed by atoms with Crippen molar-refractivity contribution >= 4 is 5.91 Å². The SMILES string of the molecule is CC(C)N(C(=O)[C@H](C)Oc1c(F)c(F)c(F)c(F)c1F)C(C)C. The van der Waals surface area contributed by atoms with E-state index in [1.54, 1.807) is 27.7 Å². The zero-order chi connectivity index (χ0) is 18.1. The maximum absolute atomic E-state index is 13.6. The number of rotatable bonds is 5. The Balaban J connectivity index is 3.16. The Kier molecular flexibility index (Phi) is 5.96. The number of benzene rings is 1. The average Bonchev–Trinajstić information content (AvgIpc) is 2.46. The smallest absolute Gasteiger partial charge is 0.263 e. The molecule has 130 valence electrons. The summed E-state index contributed by atoms with van der Waals surface area (Å²) in [6.45, 7) is 8.08. The lowest BCUT2D eigenvalue weighted by atomic mass is 10.2. The van der Waals surface area contributed by atoms with Crippen LogP contribution in [0, 0.1) is 29.1 Å². The summed E-state index contributed by atoms with van der Waals surface area (Å²) in [5.41, 5.74) is 0. The van der Waals surface area contributed by atoms with Crippen LogP contribution in [0.15, 0.2) is 0 Å². The predicted octanol–water partition coefficient (Wildman–Crippen LogP) is 3.79. The molecule has 0 N–H and O–H groups in total. The van der Waals surface area contributed by atoms with E-state index in [1.165, 1.54) is 11.8 Å². The zero-order valence-electron chi connectivity index (χ0n) is 13.4. The van der Waals surface area contributed by atoms with Gasteiger partial charge in [-0.3, -0.25) is 4.79 Å². The van der Waals surface area contributed by atoms with Gasteiger partial charge < -0.3 is 9.64 Å². The topological polar surface area (TPSA) is 29.5 Å². The number of amides is 1. The van der Waals surface area contributed by atoms with Gasteiger partial charge in [0.1, 0.15) is 0 Å². The molecule has 0 aliphatic carbocycles. The van der Waals surface area contributed by atoms with E-state index in [4.69, 9.17) is 4.74 Å². The van der Waals surface area contributed by atoms with Gasteiger partial charge in [0.15, 0.2) is 11.9 Å². The van der Waals surface area contributed by atoms with Gasteiger partial charge in [0, 0.05) is 12.1 Å². The molecule has 1 aromatic rings. The second-order valence-corrected chi connectivity index (χ2v) is 5.59. The summed E-state index contributed by atoms with van der Waals surface area (Å²) in [7, 11) is 0. The van der Waals surface area contributed by atoms with Gasteiger partial charge in [-0.2, -0.15) is 8.78 Å². The number of ether oxygens (including phenoxy) is 1. The quantitative estimate of drug-likeness (QED) is 0.464. The highest BCUT2D eigenvalue weighted by Gasteiger charge is 2.32. The number of hydrogen-bond acceptors (Lipinski definition) is 2. The van der Waals surface area contributed by atoms with E-state index in [1.807, 2.05) is 0 Å². The predicted molar refractivity (Wildman–Crippen MR) is 73.4 cm³/mol. The first kappa shape index (κ1) is 19.2. The molecule has 8 heteroatoms. The first-order chi connectivity index (χ1) is 10.5. The van der Waals surface area contributed by atoms with Crippen molar-refractivity contribution in [1.29, 1.82) is 0 Å². The second kappa shape index (κ2) is 7.14. The van der Waals surface area contributed by atoms with Crippen LogP contribution in [-0.2, 0) is 4.79 Å². The molecule has 0 aliphatic rings. The zero-order valence-corrected chi connectivity index (χ0v) is 13.4. The Labute approximate surface area is 131 Å². The molecule has 0 saturated carbocycles. The minimum Gasteiger partial charge on any atom is -0.475 e. The van der Waals surface area contributed by atoms with E-state index in [9.17, 15) is 26.7 Å². The summed E-state index contributed by atoms with van der Waals surface area (Å²) in [4.78, 5) is 13.7. The van der Waals surface area contributed by atoms with Gasteiger partial charge in [0.25, 0.3) is 5.91 Å². The molecule has 0 radical (unpaired) electrons. The number of carbonyl (C=O) groups is 1. The Bertz CT molecular complexity index is 567. The molecule has 0 heterocycles. The molecule has 0 spiro atoms. The molecular formula is C15H18F5NO2. The maximum atomic E-state index is 13.6. The van der Waals surface area contributed by atoms with Crippen LogP contribution >= 0.6 is 0 Å². The fraction of sp³-hybridized carbons (Fsp3) is 0.533. The number of carbonyl (C=O) groups excluding carboxylic acids is 1. The standard InChI is InChI=1S/C15H18F5NO2/c1-6(2)21(7(3)4)15(22)8(5)23-14-12(19)10(17)9(16)11(18)13(14)20/h6-8H,1-5H3/t8-/m0/s1. The van der Waals surface area contributed by atoms with E-state index in [0.29, 0.717) is 0 Å². The molecule has 1 atom stereocenters. The summed E-state index contributed by atoms with van der Waals surface area (Å²) >= 11 is 0. The van der Waals surface area contributed by atoms with E-state index in [-0.39, 0.29) is 12.1 Å². The van der Waals surface area contributed by atoms with Crippen molar-refractivity contribution in [2.75, 3.05) is 0 Å². The lowest BCUT2D eigenvalue weighted by molar-refractivity contribution is -0.141. The molecular weight excluding hydrogens is 321 g/mol. The molecule has 3 nitrogen and oxygen atoms in total. The number of hydrogen-bond donors (Lipinski definition) is 0. The molecule has 0 fully saturated rings. The molecule has 0 saturated heterocycles. The largest absolute Gasteiger partial charge is 0.475 e. The summed E-state index contributed by atoms with van der Waals surface area (Å²) in [5, 5.41) is 0. The summed E-state index contributed by atoms with van der Waals surface area (Å²) in [5.74, 6) is -12.8. The Morgan fingerprint density at radius 2 is 1.13 bits per heavy atom. The Morgan fingerprint density at radius 1 is 0.783 bits per heavy atom. The summed E-state index contributed by atoms with van der Waals surface area (Å²) in [6.07, 6.45) is -1.42. The highest BCUT2D eigenvalue weighted by Crippen LogP contribution is 2.30. The number of nitrogens with zero attached hydrogens (tertiary/aromatic N) is 1. The monoisotopic (exact) mass is 339 g/mol. The third-order valence-corrected chi connectivity index (χ3v) is 3.18. The lowest BCUT2D eigenvalue weighted by Crippen LogP contribution is -2.48. The van der Waals surface area contributed by atoms with Crippen LogP contribution in [0.1, 0.15) is 34.6 Å². The fourth-order valence-corrected chi connectivity index (χ4v) is 2.23. The van der Waals surface area contributed by atoms with Crippen LogP contribution in [0.4, 0.5) is 22.0 Å². The maximum Gasteiger partial charge on any atom is 0.263 e. The fourth-order valence-electron chi connectivity index (χ4n) is 2.23. The van der Waals surface area contributed by atoms with Crippen LogP contribution in [0.5, 0.6) is 5.75 Å². The van der Waals surface area contributed by atoms with Gasteiger partial charge in [-0.25, -0.2) is 13.2 Å². The number of halogens is 5. The van der Waals surface area contributed by atoms with Gasteiger partial charge in [-0.15, -0.1) is 0 Å². The lowest BCUT2D eigenvalue weighted by Gasteiger charge is -2.33. The molecule has 0 aromatic heterocycles. The average molecular weight is 339 g/mol. The molecule has 1 amide bonds. The third kappa shape index (κ3) is 3.73. The van der Waals surface area contributed by atoms with Crippen LogP contribution < -0.4 is 4.74 Å². The first-order valence-corrected chi connectivity index (χ1v) is 7.00.